The van der Waals surface area contributed by atoms with Gasteiger partial charge >= 0.3 is 6.29 Å². The molecule has 1 heterocycles. The van der Waals surface area contributed by atoms with E-state index in [0.717, 1.165) is 0 Å². The van der Waals surface area contributed by atoms with Crippen molar-refractivity contribution in [1.29, 1.82) is 0 Å². The number of likely N-dealkylation sites (N-methyl/N-ethyl adjacent to an activating group) is 1. The topological polar surface area (TPSA) is 47.6 Å². The van der Waals surface area contributed by atoms with Gasteiger partial charge in [-0.3, -0.25) is 4.79 Å². The first kappa shape index (κ1) is 10.7. The van der Waals surface area contributed by atoms with E-state index in [4.69, 9.17) is 0 Å². The molecule has 0 aromatic heterocycles. The summed E-state index contributed by atoms with van der Waals surface area (Å²) in [4.78, 5) is 11.1. The summed E-state index contributed by atoms with van der Waals surface area (Å²) >= 11 is 0. The van der Waals surface area contributed by atoms with E-state index in [2.05, 4.69) is 14.8 Å². The third-order valence-corrected chi connectivity index (χ3v) is 2.11. The lowest BCUT2D eigenvalue weighted by Crippen LogP contribution is -2.25. The molecule has 0 saturated carbocycles. The summed E-state index contributed by atoms with van der Waals surface area (Å²) in [6.45, 7) is 0. The molecular weight excluding hydrogens is 220 g/mol. The molecule has 0 saturated heterocycles. The van der Waals surface area contributed by atoms with E-state index in [1.165, 1.54) is 19.2 Å². The van der Waals surface area contributed by atoms with Crippen LogP contribution in [0.4, 0.5) is 8.78 Å². The Bertz CT molecular complexity index is 434. The highest BCUT2D eigenvalue weighted by atomic mass is 19.3. The van der Waals surface area contributed by atoms with E-state index < -0.39 is 6.29 Å². The first-order valence-electron chi connectivity index (χ1n) is 4.59. The molecule has 86 valence electrons. The van der Waals surface area contributed by atoms with Crippen molar-refractivity contribution in [3.05, 3.63) is 23.8 Å². The number of fused-ring (bicyclic) bond motifs is 1. The van der Waals surface area contributed by atoms with Crippen LogP contribution in [-0.2, 0) is 11.2 Å². The molecule has 1 aliphatic heterocycles. The molecular formula is C10H9F2NO3. The van der Waals surface area contributed by atoms with Gasteiger partial charge in [0.25, 0.3) is 0 Å². The van der Waals surface area contributed by atoms with E-state index in [1.807, 2.05) is 0 Å². The predicted molar refractivity (Wildman–Crippen MR) is 50.4 cm³/mol. The van der Waals surface area contributed by atoms with Crippen LogP contribution in [0.15, 0.2) is 18.2 Å². The maximum atomic E-state index is 12.7. The molecule has 0 unspecified atom stereocenters. The van der Waals surface area contributed by atoms with Crippen molar-refractivity contribution in [3.8, 4) is 11.5 Å². The highest BCUT2D eigenvalue weighted by Crippen LogP contribution is 2.41. The minimum Gasteiger partial charge on any atom is -0.395 e. The molecule has 0 fully saturated rings. The lowest BCUT2D eigenvalue weighted by molar-refractivity contribution is -0.286. The van der Waals surface area contributed by atoms with Gasteiger partial charge in [0, 0.05) is 7.05 Å². The predicted octanol–water partition coefficient (Wildman–Crippen LogP) is 1.30. The maximum absolute atomic E-state index is 12.7. The molecule has 0 radical (unpaired) electrons. The second-order valence-corrected chi connectivity index (χ2v) is 3.30. The van der Waals surface area contributed by atoms with Gasteiger partial charge in [-0.2, -0.15) is 0 Å². The normalized spacial score (nSPS) is 15.9. The van der Waals surface area contributed by atoms with Gasteiger partial charge in [0.05, 0.1) is 6.42 Å². The third kappa shape index (κ3) is 2.05. The summed E-state index contributed by atoms with van der Waals surface area (Å²) in [5, 5.41) is 2.44. The van der Waals surface area contributed by atoms with Crippen LogP contribution >= 0.6 is 0 Å². The molecule has 1 aromatic carbocycles. The first-order chi connectivity index (χ1) is 7.50. The summed E-state index contributed by atoms with van der Waals surface area (Å²) in [5.41, 5.74) is 0.583. The number of halogens is 2. The average Bonchev–Trinajstić information content (AvgIpc) is 2.51. The number of carbonyl (C=O) groups is 1. The minimum atomic E-state index is -3.62. The van der Waals surface area contributed by atoms with Crippen LogP contribution in [0.2, 0.25) is 0 Å². The van der Waals surface area contributed by atoms with Crippen molar-refractivity contribution >= 4 is 5.91 Å². The van der Waals surface area contributed by atoms with E-state index in [9.17, 15) is 13.6 Å². The Hall–Kier alpha value is -1.85. The second kappa shape index (κ2) is 3.62. The van der Waals surface area contributed by atoms with Crippen LogP contribution in [0, 0.1) is 0 Å². The largest absolute Gasteiger partial charge is 0.586 e. The Balaban J connectivity index is 2.19. The van der Waals surface area contributed by atoms with Crippen LogP contribution in [0.1, 0.15) is 5.56 Å². The van der Waals surface area contributed by atoms with E-state index in [-0.39, 0.29) is 23.8 Å². The number of alkyl halides is 2. The van der Waals surface area contributed by atoms with Gasteiger partial charge in [-0.1, -0.05) is 6.07 Å². The van der Waals surface area contributed by atoms with Gasteiger partial charge in [-0.25, -0.2) is 0 Å². The van der Waals surface area contributed by atoms with Crippen molar-refractivity contribution in [1.82, 2.24) is 5.32 Å². The van der Waals surface area contributed by atoms with Crippen molar-refractivity contribution in [2.45, 2.75) is 12.7 Å². The number of amides is 1. The summed E-state index contributed by atoms with van der Waals surface area (Å²) in [7, 11) is 1.50. The van der Waals surface area contributed by atoms with Gasteiger partial charge in [0.1, 0.15) is 0 Å². The number of ether oxygens (including phenoxy) is 2. The number of rotatable bonds is 2. The highest BCUT2D eigenvalue weighted by molar-refractivity contribution is 5.78. The number of hydrogen-bond donors (Lipinski definition) is 1. The molecule has 0 aliphatic carbocycles. The molecule has 0 spiro atoms. The molecule has 1 aliphatic rings. The fraction of sp³-hybridized carbons (Fsp3) is 0.300. The quantitative estimate of drug-likeness (QED) is 0.831. The smallest absolute Gasteiger partial charge is 0.395 e. The molecule has 2 rings (SSSR count). The van der Waals surface area contributed by atoms with Gasteiger partial charge in [-0.15, -0.1) is 8.78 Å². The minimum absolute atomic E-state index is 0.0225. The summed E-state index contributed by atoms with van der Waals surface area (Å²) in [6.07, 6.45) is -3.51. The van der Waals surface area contributed by atoms with Crippen LogP contribution in [0.3, 0.4) is 0 Å². The number of benzene rings is 1. The molecule has 0 bridgehead atoms. The first-order valence-corrected chi connectivity index (χ1v) is 4.59. The summed E-state index contributed by atoms with van der Waals surface area (Å²) in [5.74, 6) is -0.275. The van der Waals surface area contributed by atoms with Gasteiger partial charge in [-0.05, 0) is 17.7 Å². The SMILES string of the molecule is CNC(=O)Cc1ccc2c(c1)OC(F)(F)O2. The Labute approximate surface area is 90.2 Å². The number of hydrogen-bond acceptors (Lipinski definition) is 3. The zero-order chi connectivity index (χ0) is 11.8. The second-order valence-electron chi connectivity index (χ2n) is 3.30. The molecule has 6 heteroatoms. The Morgan fingerprint density at radius 2 is 2.06 bits per heavy atom. The summed E-state index contributed by atoms with van der Waals surface area (Å²) < 4.78 is 33.8. The van der Waals surface area contributed by atoms with Gasteiger partial charge in [0.2, 0.25) is 5.91 Å². The fourth-order valence-electron chi connectivity index (χ4n) is 1.38. The van der Waals surface area contributed by atoms with E-state index in [1.54, 1.807) is 6.07 Å². The fourth-order valence-corrected chi connectivity index (χ4v) is 1.38. The van der Waals surface area contributed by atoms with Crippen molar-refractivity contribution in [3.63, 3.8) is 0 Å². The Morgan fingerprint density at radius 1 is 1.38 bits per heavy atom. The molecule has 1 N–H and O–H groups in total. The lowest BCUT2D eigenvalue weighted by atomic mass is 10.1. The van der Waals surface area contributed by atoms with Gasteiger partial charge < -0.3 is 14.8 Å². The third-order valence-electron chi connectivity index (χ3n) is 2.11. The van der Waals surface area contributed by atoms with Crippen molar-refractivity contribution in [2.75, 3.05) is 7.05 Å². The van der Waals surface area contributed by atoms with E-state index in [0.29, 0.717) is 5.56 Å². The molecule has 1 amide bonds. The van der Waals surface area contributed by atoms with Crippen molar-refractivity contribution < 1.29 is 23.0 Å². The zero-order valence-corrected chi connectivity index (χ0v) is 8.42. The Kier molecular flexibility index (Phi) is 2.41. The lowest BCUT2D eigenvalue weighted by Gasteiger charge is -2.04. The van der Waals surface area contributed by atoms with E-state index >= 15 is 0 Å². The highest BCUT2D eigenvalue weighted by Gasteiger charge is 2.43. The maximum Gasteiger partial charge on any atom is 0.586 e. The molecule has 4 nitrogen and oxygen atoms in total. The zero-order valence-electron chi connectivity index (χ0n) is 8.42. The van der Waals surface area contributed by atoms with Crippen LogP contribution < -0.4 is 14.8 Å². The molecule has 16 heavy (non-hydrogen) atoms. The number of carbonyl (C=O) groups excluding carboxylic acids is 1. The molecule has 0 atom stereocenters. The van der Waals surface area contributed by atoms with Gasteiger partial charge in [0.15, 0.2) is 11.5 Å². The Morgan fingerprint density at radius 3 is 2.75 bits per heavy atom. The van der Waals surface area contributed by atoms with Crippen LogP contribution in [0.5, 0.6) is 11.5 Å². The monoisotopic (exact) mass is 229 g/mol. The summed E-state index contributed by atoms with van der Waals surface area (Å²) in [6, 6.07) is 4.26. The number of nitrogens with one attached hydrogen (secondary N) is 1. The van der Waals surface area contributed by atoms with Crippen LogP contribution in [0.25, 0.3) is 0 Å². The molecule has 1 aromatic rings. The average molecular weight is 229 g/mol. The standard InChI is InChI=1S/C10H9F2NO3/c1-13-9(14)5-6-2-3-7-8(4-6)16-10(11,12)15-7/h2-4H,5H2,1H3,(H,13,14). The van der Waals surface area contributed by atoms with Crippen LogP contribution in [-0.4, -0.2) is 19.2 Å². The van der Waals surface area contributed by atoms with Crippen molar-refractivity contribution in [2.24, 2.45) is 0 Å².